The summed E-state index contributed by atoms with van der Waals surface area (Å²) in [6, 6.07) is 0. The second-order valence-corrected chi connectivity index (χ2v) is 5.68. The van der Waals surface area contributed by atoms with Gasteiger partial charge in [0, 0.05) is 37.6 Å². The van der Waals surface area contributed by atoms with Crippen LogP contribution in [0.4, 0.5) is 0 Å². The molecule has 23 heavy (non-hydrogen) atoms. The van der Waals surface area contributed by atoms with Gasteiger partial charge in [0.1, 0.15) is 0 Å². The zero-order valence-corrected chi connectivity index (χ0v) is 14.7. The van der Waals surface area contributed by atoms with E-state index >= 15 is 0 Å². The molecule has 2 heterocycles. The molecule has 0 spiro atoms. The Morgan fingerprint density at radius 2 is 2.04 bits per heavy atom. The first-order valence-corrected chi connectivity index (χ1v) is 8.01. The predicted octanol–water partition coefficient (Wildman–Crippen LogP) is 1.30. The van der Waals surface area contributed by atoms with Crippen LogP contribution in [0.1, 0.15) is 29.4 Å². The summed E-state index contributed by atoms with van der Waals surface area (Å²) in [4.78, 5) is 4.67. The van der Waals surface area contributed by atoms with Crippen LogP contribution in [0, 0.1) is 20.8 Å². The van der Waals surface area contributed by atoms with Crippen LogP contribution < -0.4 is 10.6 Å². The van der Waals surface area contributed by atoms with Crippen molar-refractivity contribution in [2.45, 2.75) is 40.8 Å². The van der Waals surface area contributed by atoms with Gasteiger partial charge in [0.25, 0.3) is 0 Å². The van der Waals surface area contributed by atoms with Gasteiger partial charge in [-0.3, -0.25) is 9.36 Å². The zero-order chi connectivity index (χ0) is 16.8. The lowest BCUT2D eigenvalue weighted by Crippen LogP contribution is -2.38. The van der Waals surface area contributed by atoms with E-state index < -0.39 is 0 Å². The highest BCUT2D eigenvalue weighted by Gasteiger charge is 2.08. The van der Waals surface area contributed by atoms with E-state index in [-0.39, 0.29) is 0 Å². The van der Waals surface area contributed by atoms with Crippen LogP contribution in [-0.2, 0) is 20.1 Å². The maximum absolute atomic E-state index is 4.67. The summed E-state index contributed by atoms with van der Waals surface area (Å²) in [6.45, 7) is 11.2. The summed E-state index contributed by atoms with van der Waals surface area (Å²) < 4.78 is 3.84. The van der Waals surface area contributed by atoms with Crippen LogP contribution in [0.3, 0.4) is 0 Å². The van der Waals surface area contributed by atoms with Crippen LogP contribution in [0.15, 0.2) is 17.4 Å². The SMILES string of the molecule is CCNC(=NCc1c(C)nn(C)c1C)NCCn1cc(C)cn1. The van der Waals surface area contributed by atoms with Crippen molar-refractivity contribution in [3.05, 3.63) is 34.9 Å². The molecule has 0 aliphatic heterocycles. The molecule has 2 aromatic rings. The molecule has 7 heteroatoms. The summed E-state index contributed by atoms with van der Waals surface area (Å²) in [5, 5.41) is 15.3. The minimum Gasteiger partial charge on any atom is -0.357 e. The quantitative estimate of drug-likeness (QED) is 0.622. The number of nitrogens with one attached hydrogen (secondary N) is 2. The first-order chi connectivity index (χ1) is 11.0. The van der Waals surface area contributed by atoms with Crippen LogP contribution in [0.25, 0.3) is 0 Å². The van der Waals surface area contributed by atoms with Crippen molar-refractivity contribution < 1.29 is 0 Å². The largest absolute Gasteiger partial charge is 0.357 e. The van der Waals surface area contributed by atoms with Gasteiger partial charge in [-0.15, -0.1) is 0 Å². The Kier molecular flexibility index (Phi) is 5.78. The van der Waals surface area contributed by atoms with E-state index in [1.54, 1.807) is 0 Å². The summed E-state index contributed by atoms with van der Waals surface area (Å²) in [5.74, 6) is 0.819. The van der Waals surface area contributed by atoms with Crippen molar-refractivity contribution in [1.82, 2.24) is 30.2 Å². The fraction of sp³-hybridized carbons (Fsp3) is 0.562. The van der Waals surface area contributed by atoms with Gasteiger partial charge >= 0.3 is 0 Å². The van der Waals surface area contributed by atoms with Gasteiger partial charge < -0.3 is 10.6 Å². The molecule has 2 aromatic heterocycles. The highest BCUT2D eigenvalue weighted by Crippen LogP contribution is 2.12. The number of aromatic nitrogens is 4. The van der Waals surface area contributed by atoms with E-state index in [0.29, 0.717) is 6.54 Å². The van der Waals surface area contributed by atoms with Gasteiger partial charge in [0.05, 0.1) is 25.0 Å². The lowest BCUT2D eigenvalue weighted by Gasteiger charge is -2.11. The average Bonchev–Trinajstić information content (AvgIpc) is 3.01. The molecule has 0 fully saturated rings. The smallest absolute Gasteiger partial charge is 0.191 e. The molecule has 2 N–H and O–H groups in total. The number of rotatable bonds is 6. The third-order valence-electron chi connectivity index (χ3n) is 3.79. The highest BCUT2D eigenvalue weighted by molar-refractivity contribution is 5.79. The van der Waals surface area contributed by atoms with Crippen molar-refractivity contribution in [2.24, 2.45) is 12.0 Å². The van der Waals surface area contributed by atoms with Crippen molar-refractivity contribution in [1.29, 1.82) is 0 Å². The average molecular weight is 317 g/mol. The monoisotopic (exact) mass is 317 g/mol. The second kappa shape index (κ2) is 7.80. The van der Waals surface area contributed by atoms with Crippen molar-refractivity contribution in [2.75, 3.05) is 13.1 Å². The molecule has 2 rings (SSSR count). The lowest BCUT2D eigenvalue weighted by molar-refractivity contribution is 0.597. The molecule has 0 aliphatic rings. The maximum atomic E-state index is 4.67. The molecule has 0 amide bonds. The summed E-state index contributed by atoms with van der Waals surface area (Å²) >= 11 is 0. The Balaban J connectivity index is 1.94. The lowest BCUT2D eigenvalue weighted by atomic mass is 10.2. The van der Waals surface area contributed by atoms with Crippen LogP contribution >= 0.6 is 0 Å². The zero-order valence-electron chi connectivity index (χ0n) is 14.7. The van der Waals surface area contributed by atoms with E-state index in [2.05, 4.69) is 39.7 Å². The fourth-order valence-corrected chi connectivity index (χ4v) is 2.42. The molecule has 0 radical (unpaired) electrons. The third-order valence-corrected chi connectivity index (χ3v) is 3.79. The molecule has 7 nitrogen and oxygen atoms in total. The first-order valence-electron chi connectivity index (χ1n) is 8.01. The molecule has 0 saturated heterocycles. The van der Waals surface area contributed by atoms with E-state index in [9.17, 15) is 0 Å². The number of aryl methyl sites for hydroxylation is 3. The van der Waals surface area contributed by atoms with Gasteiger partial charge in [-0.05, 0) is 33.3 Å². The van der Waals surface area contributed by atoms with Gasteiger partial charge in [-0.2, -0.15) is 10.2 Å². The number of hydrogen-bond donors (Lipinski definition) is 2. The molecule has 0 aliphatic carbocycles. The Hall–Kier alpha value is -2.31. The molecule has 0 saturated carbocycles. The van der Waals surface area contributed by atoms with E-state index in [1.165, 1.54) is 11.1 Å². The van der Waals surface area contributed by atoms with E-state index in [1.807, 2.05) is 42.7 Å². The Morgan fingerprint density at radius 1 is 1.26 bits per heavy atom. The number of aliphatic imine (C=N–C) groups is 1. The minimum absolute atomic E-state index is 0.627. The van der Waals surface area contributed by atoms with Crippen LogP contribution in [0.5, 0.6) is 0 Å². The van der Waals surface area contributed by atoms with Gasteiger partial charge in [-0.1, -0.05) is 0 Å². The summed E-state index contributed by atoms with van der Waals surface area (Å²) in [6.07, 6.45) is 3.90. The topological polar surface area (TPSA) is 72.1 Å². The number of hydrogen-bond acceptors (Lipinski definition) is 3. The molecule has 0 aromatic carbocycles. The van der Waals surface area contributed by atoms with Gasteiger partial charge in [0.2, 0.25) is 0 Å². The predicted molar refractivity (Wildman–Crippen MR) is 92.5 cm³/mol. The maximum Gasteiger partial charge on any atom is 0.191 e. The second-order valence-electron chi connectivity index (χ2n) is 5.68. The number of nitrogens with zero attached hydrogens (tertiary/aromatic N) is 5. The fourth-order valence-electron chi connectivity index (χ4n) is 2.42. The van der Waals surface area contributed by atoms with E-state index in [4.69, 9.17) is 0 Å². The standard InChI is InChI=1S/C16H27N7/c1-6-17-16(18-7-8-23-11-12(2)9-20-23)19-10-15-13(3)21-22(5)14(15)4/h9,11H,6-8,10H2,1-5H3,(H2,17,18,19). The molecular formula is C16H27N7. The van der Waals surface area contributed by atoms with E-state index in [0.717, 1.165) is 37.0 Å². The van der Waals surface area contributed by atoms with Crippen molar-refractivity contribution in [3.8, 4) is 0 Å². The molecule has 0 atom stereocenters. The molecule has 0 bridgehead atoms. The Labute approximate surface area is 137 Å². The summed E-state index contributed by atoms with van der Waals surface area (Å²) in [7, 11) is 1.96. The Bertz CT molecular complexity index is 666. The molecule has 126 valence electrons. The third kappa shape index (κ3) is 4.58. The Morgan fingerprint density at radius 3 is 2.61 bits per heavy atom. The number of guanidine groups is 1. The summed E-state index contributed by atoms with van der Waals surface area (Å²) in [5.41, 5.74) is 4.56. The van der Waals surface area contributed by atoms with Crippen molar-refractivity contribution in [3.63, 3.8) is 0 Å². The van der Waals surface area contributed by atoms with Crippen molar-refractivity contribution >= 4 is 5.96 Å². The van der Waals surface area contributed by atoms with Crippen LogP contribution in [0.2, 0.25) is 0 Å². The molecular weight excluding hydrogens is 290 g/mol. The van der Waals surface area contributed by atoms with Gasteiger partial charge in [-0.25, -0.2) is 4.99 Å². The van der Waals surface area contributed by atoms with Gasteiger partial charge in [0.15, 0.2) is 5.96 Å². The van der Waals surface area contributed by atoms with Crippen LogP contribution in [-0.4, -0.2) is 38.6 Å². The molecule has 0 unspecified atom stereocenters. The first kappa shape index (κ1) is 17.1. The normalized spacial score (nSPS) is 11.8. The minimum atomic E-state index is 0.627. The highest BCUT2D eigenvalue weighted by atomic mass is 15.3.